The molecular formula is C10H19F2NO3. The van der Waals surface area contributed by atoms with Crippen LogP contribution in [0.5, 0.6) is 0 Å². The van der Waals surface area contributed by atoms with Gasteiger partial charge >= 0.3 is 0 Å². The second-order valence-corrected chi connectivity index (χ2v) is 3.40. The van der Waals surface area contributed by atoms with E-state index in [1.807, 2.05) is 6.92 Å². The van der Waals surface area contributed by atoms with E-state index in [1.165, 1.54) is 0 Å². The minimum absolute atomic E-state index is 0.00820. The zero-order valence-corrected chi connectivity index (χ0v) is 9.42. The van der Waals surface area contributed by atoms with E-state index in [4.69, 9.17) is 5.11 Å². The Labute approximate surface area is 94.0 Å². The van der Waals surface area contributed by atoms with Crippen LogP contribution in [0.3, 0.4) is 0 Å². The van der Waals surface area contributed by atoms with Gasteiger partial charge < -0.3 is 15.2 Å². The summed E-state index contributed by atoms with van der Waals surface area (Å²) in [5.74, 6) is -0.241. The maximum atomic E-state index is 11.7. The quantitative estimate of drug-likeness (QED) is 0.589. The van der Waals surface area contributed by atoms with Crippen LogP contribution in [0.4, 0.5) is 8.78 Å². The van der Waals surface area contributed by atoms with Crippen molar-refractivity contribution >= 4 is 5.91 Å². The van der Waals surface area contributed by atoms with Crippen LogP contribution < -0.4 is 5.32 Å². The monoisotopic (exact) mass is 239 g/mol. The molecule has 0 aliphatic heterocycles. The fourth-order valence-corrected chi connectivity index (χ4v) is 1.17. The van der Waals surface area contributed by atoms with Crippen molar-refractivity contribution < 1.29 is 23.4 Å². The highest BCUT2D eigenvalue weighted by atomic mass is 19.3. The van der Waals surface area contributed by atoms with Crippen molar-refractivity contribution in [2.45, 2.75) is 38.7 Å². The summed E-state index contributed by atoms with van der Waals surface area (Å²) >= 11 is 0. The first-order valence-electron chi connectivity index (χ1n) is 5.36. The lowest BCUT2D eigenvalue weighted by atomic mass is 10.1. The molecule has 0 rings (SSSR count). The second-order valence-electron chi connectivity index (χ2n) is 3.40. The van der Waals surface area contributed by atoms with Gasteiger partial charge in [0.05, 0.1) is 6.61 Å². The molecule has 0 fully saturated rings. The Morgan fingerprint density at radius 3 is 2.69 bits per heavy atom. The average Bonchev–Trinajstić information content (AvgIpc) is 2.23. The van der Waals surface area contributed by atoms with Crippen LogP contribution in [0.2, 0.25) is 0 Å². The van der Waals surface area contributed by atoms with Crippen molar-refractivity contribution in [3.63, 3.8) is 0 Å². The van der Waals surface area contributed by atoms with Crippen LogP contribution in [0.25, 0.3) is 0 Å². The van der Waals surface area contributed by atoms with Gasteiger partial charge in [-0.3, -0.25) is 4.79 Å². The highest BCUT2D eigenvalue weighted by Crippen LogP contribution is 1.98. The van der Waals surface area contributed by atoms with Crippen LogP contribution in [-0.4, -0.2) is 43.3 Å². The van der Waals surface area contributed by atoms with Gasteiger partial charge in [0.25, 0.3) is 6.43 Å². The third-order valence-corrected chi connectivity index (χ3v) is 2.05. The Balaban J connectivity index is 3.56. The molecule has 0 saturated carbocycles. The summed E-state index contributed by atoms with van der Waals surface area (Å²) in [4.78, 5) is 11.3. The van der Waals surface area contributed by atoms with Gasteiger partial charge in [0, 0.05) is 19.1 Å². The number of amides is 1. The molecule has 0 bridgehead atoms. The third-order valence-electron chi connectivity index (χ3n) is 2.05. The molecule has 0 aromatic heterocycles. The van der Waals surface area contributed by atoms with E-state index in [1.54, 1.807) is 0 Å². The molecule has 0 aromatic rings. The average molecular weight is 239 g/mol. The largest absolute Gasteiger partial charge is 0.396 e. The number of aliphatic hydroxyl groups excluding tert-OH is 1. The van der Waals surface area contributed by atoms with Gasteiger partial charge in [-0.05, 0) is 12.8 Å². The van der Waals surface area contributed by atoms with E-state index in [9.17, 15) is 13.6 Å². The summed E-state index contributed by atoms with van der Waals surface area (Å²) in [6.45, 7) is 1.27. The number of carbonyl (C=O) groups is 1. The minimum atomic E-state index is -2.50. The number of ether oxygens (including phenoxy) is 1. The number of nitrogens with one attached hydrogen (secondary N) is 1. The van der Waals surface area contributed by atoms with Crippen LogP contribution >= 0.6 is 0 Å². The lowest BCUT2D eigenvalue weighted by Gasteiger charge is -2.15. The van der Waals surface area contributed by atoms with Gasteiger partial charge in [0.1, 0.15) is 6.61 Å². The maximum absolute atomic E-state index is 11.7. The Kier molecular flexibility index (Phi) is 9.03. The number of hydrogen-bond donors (Lipinski definition) is 2. The van der Waals surface area contributed by atoms with Crippen molar-refractivity contribution in [1.29, 1.82) is 0 Å². The summed E-state index contributed by atoms with van der Waals surface area (Å²) in [6, 6.07) is -0.0624. The zero-order chi connectivity index (χ0) is 12.4. The molecule has 2 N–H and O–H groups in total. The normalized spacial score (nSPS) is 12.8. The molecule has 0 saturated heterocycles. The van der Waals surface area contributed by atoms with Crippen LogP contribution in [-0.2, 0) is 9.53 Å². The molecule has 0 aliphatic carbocycles. The first-order chi connectivity index (χ1) is 7.60. The summed E-state index contributed by atoms with van der Waals surface area (Å²) in [6.07, 6.45) is -1.21. The molecule has 1 atom stereocenters. The summed E-state index contributed by atoms with van der Waals surface area (Å²) in [5.41, 5.74) is 0. The topological polar surface area (TPSA) is 58.6 Å². The number of aliphatic hydroxyl groups is 1. The molecule has 0 radical (unpaired) electrons. The number of rotatable bonds is 9. The fourth-order valence-electron chi connectivity index (χ4n) is 1.17. The van der Waals surface area contributed by atoms with Crippen molar-refractivity contribution in [3.8, 4) is 0 Å². The van der Waals surface area contributed by atoms with E-state index in [0.29, 0.717) is 6.42 Å². The second kappa shape index (κ2) is 9.47. The molecule has 0 heterocycles. The Morgan fingerprint density at radius 1 is 1.50 bits per heavy atom. The van der Waals surface area contributed by atoms with Gasteiger partial charge in [-0.1, -0.05) is 6.92 Å². The van der Waals surface area contributed by atoms with Gasteiger partial charge in [0.2, 0.25) is 5.91 Å². The first-order valence-corrected chi connectivity index (χ1v) is 5.36. The number of carbonyl (C=O) groups excluding carboxylic acids is 1. The molecule has 1 amide bonds. The third kappa shape index (κ3) is 8.55. The van der Waals surface area contributed by atoms with Crippen molar-refractivity contribution in [3.05, 3.63) is 0 Å². The highest BCUT2D eigenvalue weighted by molar-refractivity contribution is 5.76. The lowest BCUT2D eigenvalue weighted by Crippen LogP contribution is -2.35. The Bertz CT molecular complexity index is 191. The van der Waals surface area contributed by atoms with Gasteiger partial charge in [-0.25, -0.2) is 8.78 Å². The zero-order valence-electron chi connectivity index (χ0n) is 9.42. The molecule has 1 unspecified atom stereocenters. The van der Waals surface area contributed by atoms with E-state index < -0.39 is 13.0 Å². The van der Waals surface area contributed by atoms with E-state index >= 15 is 0 Å². The van der Waals surface area contributed by atoms with Gasteiger partial charge in [0.15, 0.2) is 0 Å². The van der Waals surface area contributed by atoms with Crippen molar-refractivity contribution in [2.75, 3.05) is 19.8 Å². The number of alkyl halides is 2. The van der Waals surface area contributed by atoms with Crippen LogP contribution in [0.15, 0.2) is 0 Å². The van der Waals surface area contributed by atoms with Crippen LogP contribution in [0, 0.1) is 0 Å². The first kappa shape index (κ1) is 15.2. The molecule has 4 nitrogen and oxygen atoms in total. The van der Waals surface area contributed by atoms with Gasteiger partial charge in [-0.2, -0.15) is 0 Å². The molecule has 16 heavy (non-hydrogen) atoms. The molecule has 0 aromatic carbocycles. The van der Waals surface area contributed by atoms with E-state index in [-0.39, 0.29) is 31.6 Å². The molecule has 6 heteroatoms. The molecular weight excluding hydrogens is 220 g/mol. The van der Waals surface area contributed by atoms with Crippen molar-refractivity contribution in [2.24, 2.45) is 0 Å². The predicted molar refractivity (Wildman–Crippen MR) is 55.4 cm³/mol. The van der Waals surface area contributed by atoms with Crippen molar-refractivity contribution in [1.82, 2.24) is 5.32 Å². The Hall–Kier alpha value is -0.750. The Morgan fingerprint density at radius 2 is 2.19 bits per heavy atom. The number of hydrogen-bond acceptors (Lipinski definition) is 3. The summed E-state index contributed by atoms with van der Waals surface area (Å²) in [7, 11) is 0. The highest BCUT2D eigenvalue weighted by Gasteiger charge is 2.10. The predicted octanol–water partition coefficient (Wildman–Crippen LogP) is 0.935. The fraction of sp³-hybridized carbons (Fsp3) is 0.900. The standard InChI is InChI=1S/C10H19F2NO3/c1-2-8(3-5-14)13-10(15)4-6-16-7-9(11)12/h8-9,14H,2-7H2,1H3,(H,13,15). The summed E-state index contributed by atoms with van der Waals surface area (Å²) in [5, 5.41) is 11.4. The number of halogens is 2. The molecule has 96 valence electrons. The molecule has 0 spiro atoms. The summed E-state index contributed by atoms with van der Waals surface area (Å²) < 4.78 is 27.9. The van der Waals surface area contributed by atoms with E-state index in [2.05, 4.69) is 10.1 Å². The molecule has 0 aliphatic rings. The van der Waals surface area contributed by atoms with Gasteiger partial charge in [-0.15, -0.1) is 0 Å². The SMILES string of the molecule is CCC(CCO)NC(=O)CCOCC(F)F. The smallest absolute Gasteiger partial charge is 0.261 e. The lowest BCUT2D eigenvalue weighted by molar-refractivity contribution is -0.123. The maximum Gasteiger partial charge on any atom is 0.261 e. The minimum Gasteiger partial charge on any atom is -0.396 e. The van der Waals surface area contributed by atoms with Crippen LogP contribution in [0.1, 0.15) is 26.2 Å². The van der Waals surface area contributed by atoms with E-state index in [0.717, 1.165) is 6.42 Å².